The fourth-order valence-corrected chi connectivity index (χ4v) is 1.13. The maximum Gasteiger partial charge on any atom is 0.260 e. The van der Waals surface area contributed by atoms with Crippen molar-refractivity contribution in [2.45, 2.75) is 0 Å². The summed E-state index contributed by atoms with van der Waals surface area (Å²) in [6.07, 6.45) is 0. The van der Waals surface area contributed by atoms with Crippen LogP contribution >= 0.6 is 0 Å². The van der Waals surface area contributed by atoms with Crippen molar-refractivity contribution in [2.24, 2.45) is 0 Å². The standard InChI is InChI=1S/C10H13NO3/c1-11(2)10(13)9-7(12)5-4-6-8(9)14-3/h4-6,12H,1-3H3. The molecule has 0 radical (unpaired) electrons. The third-order valence-electron chi connectivity index (χ3n) is 1.84. The van der Waals surface area contributed by atoms with Crippen molar-refractivity contribution in [3.63, 3.8) is 0 Å². The van der Waals surface area contributed by atoms with Crippen LogP contribution in [0.1, 0.15) is 10.4 Å². The number of ether oxygens (including phenoxy) is 1. The average molecular weight is 195 g/mol. The number of phenols is 1. The molecule has 1 amide bonds. The summed E-state index contributed by atoms with van der Waals surface area (Å²) in [4.78, 5) is 13.0. The quantitative estimate of drug-likeness (QED) is 0.768. The van der Waals surface area contributed by atoms with E-state index in [1.54, 1.807) is 26.2 Å². The van der Waals surface area contributed by atoms with Gasteiger partial charge in [0.1, 0.15) is 17.1 Å². The van der Waals surface area contributed by atoms with E-state index in [-0.39, 0.29) is 17.2 Å². The number of amides is 1. The number of carbonyl (C=O) groups excluding carboxylic acids is 1. The number of benzene rings is 1. The number of aromatic hydroxyl groups is 1. The number of hydrogen-bond acceptors (Lipinski definition) is 3. The molecule has 0 unspecified atom stereocenters. The second kappa shape index (κ2) is 4.00. The average Bonchev–Trinajstić information content (AvgIpc) is 2.16. The molecular weight excluding hydrogens is 182 g/mol. The molecule has 1 N–H and O–H groups in total. The Hall–Kier alpha value is -1.71. The lowest BCUT2D eigenvalue weighted by atomic mass is 10.1. The van der Waals surface area contributed by atoms with E-state index in [4.69, 9.17) is 4.74 Å². The van der Waals surface area contributed by atoms with Crippen LogP contribution in [-0.2, 0) is 0 Å². The first-order valence-electron chi connectivity index (χ1n) is 4.15. The van der Waals surface area contributed by atoms with Gasteiger partial charge in [-0.05, 0) is 12.1 Å². The highest BCUT2D eigenvalue weighted by molar-refractivity contribution is 5.99. The fourth-order valence-electron chi connectivity index (χ4n) is 1.13. The number of hydrogen-bond donors (Lipinski definition) is 1. The highest BCUT2D eigenvalue weighted by Crippen LogP contribution is 2.27. The summed E-state index contributed by atoms with van der Waals surface area (Å²) in [6.45, 7) is 0. The zero-order valence-corrected chi connectivity index (χ0v) is 8.44. The Balaban J connectivity index is 3.23. The van der Waals surface area contributed by atoms with E-state index in [1.165, 1.54) is 18.1 Å². The predicted molar refractivity (Wildman–Crippen MR) is 52.7 cm³/mol. The van der Waals surface area contributed by atoms with Crippen molar-refractivity contribution in [3.05, 3.63) is 23.8 Å². The molecule has 1 rings (SSSR count). The Labute approximate surface area is 82.7 Å². The van der Waals surface area contributed by atoms with E-state index < -0.39 is 0 Å². The lowest BCUT2D eigenvalue weighted by Crippen LogP contribution is -2.22. The van der Waals surface area contributed by atoms with Crippen LogP contribution in [0.2, 0.25) is 0 Å². The predicted octanol–water partition coefficient (Wildman–Crippen LogP) is 1.10. The number of carbonyl (C=O) groups is 1. The van der Waals surface area contributed by atoms with Gasteiger partial charge in [0.25, 0.3) is 5.91 Å². The summed E-state index contributed by atoms with van der Waals surface area (Å²) in [5, 5.41) is 9.51. The Morgan fingerprint density at radius 3 is 2.57 bits per heavy atom. The Morgan fingerprint density at radius 1 is 1.43 bits per heavy atom. The van der Waals surface area contributed by atoms with E-state index in [9.17, 15) is 9.90 Å². The number of rotatable bonds is 2. The first-order valence-corrected chi connectivity index (χ1v) is 4.15. The van der Waals surface area contributed by atoms with Crippen molar-refractivity contribution < 1.29 is 14.6 Å². The van der Waals surface area contributed by atoms with E-state index in [0.717, 1.165) is 0 Å². The molecule has 0 aromatic heterocycles. The molecule has 0 aliphatic carbocycles. The molecule has 0 saturated heterocycles. The zero-order chi connectivity index (χ0) is 10.7. The van der Waals surface area contributed by atoms with Gasteiger partial charge >= 0.3 is 0 Å². The lowest BCUT2D eigenvalue weighted by molar-refractivity contribution is 0.0821. The van der Waals surface area contributed by atoms with Crippen molar-refractivity contribution in [2.75, 3.05) is 21.2 Å². The first-order chi connectivity index (χ1) is 6.57. The highest BCUT2D eigenvalue weighted by atomic mass is 16.5. The third-order valence-corrected chi connectivity index (χ3v) is 1.84. The minimum absolute atomic E-state index is 0.0666. The zero-order valence-electron chi connectivity index (χ0n) is 8.44. The summed E-state index contributed by atoms with van der Waals surface area (Å²) >= 11 is 0. The van der Waals surface area contributed by atoms with E-state index in [2.05, 4.69) is 0 Å². The van der Waals surface area contributed by atoms with Crippen LogP contribution < -0.4 is 4.74 Å². The Kier molecular flexibility index (Phi) is 2.96. The van der Waals surface area contributed by atoms with Gasteiger partial charge in [0.2, 0.25) is 0 Å². The smallest absolute Gasteiger partial charge is 0.260 e. The van der Waals surface area contributed by atoms with Gasteiger partial charge in [-0.15, -0.1) is 0 Å². The number of nitrogens with zero attached hydrogens (tertiary/aromatic N) is 1. The van der Waals surface area contributed by atoms with Crippen LogP contribution in [0.25, 0.3) is 0 Å². The minimum Gasteiger partial charge on any atom is -0.507 e. The molecule has 0 spiro atoms. The Morgan fingerprint density at radius 2 is 2.07 bits per heavy atom. The summed E-state index contributed by atoms with van der Waals surface area (Å²) in [5.41, 5.74) is 0.194. The van der Waals surface area contributed by atoms with Gasteiger partial charge in [-0.25, -0.2) is 0 Å². The summed E-state index contributed by atoms with van der Waals surface area (Å²) in [6, 6.07) is 4.72. The van der Waals surface area contributed by atoms with Gasteiger partial charge in [-0.3, -0.25) is 4.79 Å². The van der Waals surface area contributed by atoms with E-state index in [1.807, 2.05) is 0 Å². The molecule has 1 aromatic carbocycles. The van der Waals surface area contributed by atoms with Crippen LogP contribution in [0.3, 0.4) is 0 Å². The lowest BCUT2D eigenvalue weighted by Gasteiger charge is -2.14. The molecule has 1 aromatic rings. The van der Waals surface area contributed by atoms with Gasteiger partial charge in [0, 0.05) is 14.1 Å². The highest BCUT2D eigenvalue weighted by Gasteiger charge is 2.18. The van der Waals surface area contributed by atoms with Gasteiger partial charge in [0.15, 0.2) is 0 Å². The SMILES string of the molecule is COc1cccc(O)c1C(=O)N(C)C. The van der Waals surface area contributed by atoms with E-state index in [0.29, 0.717) is 5.75 Å². The van der Waals surface area contributed by atoms with Crippen LogP contribution in [0.4, 0.5) is 0 Å². The van der Waals surface area contributed by atoms with Crippen molar-refractivity contribution >= 4 is 5.91 Å². The molecule has 0 aliphatic heterocycles. The largest absolute Gasteiger partial charge is 0.507 e. The molecule has 0 bridgehead atoms. The van der Waals surface area contributed by atoms with Gasteiger partial charge in [-0.1, -0.05) is 6.07 Å². The fraction of sp³-hybridized carbons (Fsp3) is 0.300. The molecule has 0 saturated carbocycles. The van der Waals surface area contributed by atoms with Crippen molar-refractivity contribution in [1.29, 1.82) is 0 Å². The van der Waals surface area contributed by atoms with Crippen molar-refractivity contribution in [1.82, 2.24) is 4.90 Å². The second-order valence-corrected chi connectivity index (χ2v) is 3.05. The van der Waals surface area contributed by atoms with E-state index >= 15 is 0 Å². The minimum atomic E-state index is -0.278. The van der Waals surface area contributed by atoms with Crippen LogP contribution in [0.15, 0.2) is 18.2 Å². The molecule has 0 heterocycles. The molecule has 76 valence electrons. The molecule has 0 aliphatic rings. The summed E-state index contributed by atoms with van der Waals surface area (Å²) < 4.78 is 4.99. The first kappa shape index (κ1) is 10.4. The van der Waals surface area contributed by atoms with Gasteiger partial charge < -0.3 is 14.7 Å². The third kappa shape index (κ3) is 1.79. The van der Waals surface area contributed by atoms with Gasteiger partial charge in [-0.2, -0.15) is 0 Å². The second-order valence-electron chi connectivity index (χ2n) is 3.05. The molecule has 0 atom stereocenters. The normalized spacial score (nSPS) is 9.64. The van der Waals surface area contributed by atoms with Crippen LogP contribution in [0.5, 0.6) is 11.5 Å². The van der Waals surface area contributed by atoms with Crippen molar-refractivity contribution in [3.8, 4) is 11.5 Å². The van der Waals surface area contributed by atoms with Crippen LogP contribution in [0, 0.1) is 0 Å². The molecular formula is C10H13NO3. The molecule has 0 fully saturated rings. The molecule has 14 heavy (non-hydrogen) atoms. The maximum atomic E-state index is 11.6. The number of phenolic OH excluding ortho intramolecular Hbond substituents is 1. The summed E-state index contributed by atoms with van der Waals surface area (Å²) in [7, 11) is 4.70. The molecule has 4 nitrogen and oxygen atoms in total. The topological polar surface area (TPSA) is 49.8 Å². The monoisotopic (exact) mass is 195 g/mol. The summed E-state index contributed by atoms with van der Waals surface area (Å²) in [5.74, 6) is 0.0340. The maximum absolute atomic E-state index is 11.6. The molecule has 4 heteroatoms. The Bertz CT molecular complexity index is 347. The number of methoxy groups -OCH3 is 1. The van der Waals surface area contributed by atoms with Crippen LogP contribution in [-0.4, -0.2) is 37.1 Å². The van der Waals surface area contributed by atoms with Gasteiger partial charge in [0.05, 0.1) is 7.11 Å².